The molecule has 0 unspecified atom stereocenters. The van der Waals surface area contributed by atoms with Crippen molar-refractivity contribution in [2.24, 2.45) is 0 Å². The van der Waals surface area contributed by atoms with Crippen LogP contribution in [0.4, 0.5) is 5.69 Å². The number of carbonyl (C=O) groups is 2. The summed E-state index contributed by atoms with van der Waals surface area (Å²) in [6.07, 6.45) is 1.54. The van der Waals surface area contributed by atoms with Gasteiger partial charge in [0.15, 0.2) is 11.5 Å². The van der Waals surface area contributed by atoms with E-state index >= 15 is 0 Å². The van der Waals surface area contributed by atoms with E-state index in [-0.39, 0.29) is 5.57 Å². The molecule has 3 rings (SSSR count). The molecule has 1 aliphatic heterocycles. The van der Waals surface area contributed by atoms with Crippen molar-refractivity contribution in [2.75, 3.05) is 19.2 Å². The molecule has 0 aliphatic carbocycles. The highest BCUT2D eigenvalue weighted by Gasteiger charge is 2.34. The molecule has 25 heavy (non-hydrogen) atoms. The third-order valence-corrected chi connectivity index (χ3v) is 3.90. The molecule has 0 aromatic heterocycles. The van der Waals surface area contributed by atoms with E-state index in [4.69, 9.17) is 9.47 Å². The number of ether oxygens (including phenoxy) is 2. The molecule has 6 heteroatoms. The number of rotatable bonds is 4. The molecule has 0 bridgehead atoms. The molecule has 0 atom stereocenters. The predicted molar refractivity (Wildman–Crippen MR) is 94.3 cm³/mol. The first-order valence-electron chi connectivity index (χ1n) is 7.69. The fourth-order valence-corrected chi connectivity index (χ4v) is 2.54. The standard InChI is InChI=1S/C19H18N2O4/c1-12-4-7-14(8-5-12)21-19(23)15(18(22)20-21)10-13-6-9-16(24-2)17(11-13)25-3/h4-11H,1-3H3,(H,20,22)/b15-10+. The molecule has 128 valence electrons. The lowest BCUT2D eigenvalue weighted by atomic mass is 10.1. The molecule has 6 nitrogen and oxygen atoms in total. The van der Waals surface area contributed by atoms with E-state index in [0.717, 1.165) is 5.56 Å². The first-order valence-corrected chi connectivity index (χ1v) is 7.69. The number of benzene rings is 2. The Balaban J connectivity index is 1.92. The number of methoxy groups -OCH3 is 2. The van der Waals surface area contributed by atoms with Crippen molar-refractivity contribution >= 4 is 23.6 Å². The van der Waals surface area contributed by atoms with Gasteiger partial charge in [0.05, 0.1) is 19.9 Å². The van der Waals surface area contributed by atoms with E-state index in [0.29, 0.717) is 22.7 Å². The van der Waals surface area contributed by atoms with Crippen LogP contribution in [0.3, 0.4) is 0 Å². The number of anilines is 1. The summed E-state index contributed by atoms with van der Waals surface area (Å²) in [4.78, 5) is 24.8. The van der Waals surface area contributed by atoms with Gasteiger partial charge in [-0.05, 0) is 42.8 Å². The van der Waals surface area contributed by atoms with Crippen LogP contribution in [0.5, 0.6) is 11.5 Å². The van der Waals surface area contributed by atoms with Crippen molar-refractivity contribution in [3.63, 3.8) is 0 Å². The molecule has 0 radical (unpaired) electrons. The second kappa shape index (κ2) is 6.68. The zero-order valence-electron chi connectivity index (χ0n) is 14.2. The molecule has 1 fully saturated rings. The molecule has 1 aliphatic rings. The van der Waals surface area contributed by atoms with Gasteiger partial charge < -0.3 is 9.47 Å². The Bertz CT molecular complexity index is 856. The molecular weight excluding hydrogens is 320 g/mol. The van der Waals surface area contributed by atoms with Crippen molar-refractivity contribution in [2.45, 2.75) is 6.92 Å². The Kier molecular flexibility index (Phi) is 4.43. The highest BCUT2D eigenvalue weighted by Crippen LogP contribution is 2.29. The van der Waals surface area contributed by atoms with Crippen LogP contribution in [-0.2, 0) is 9.59 Å². The van der Waals surface area contributed by atoms with Gasteiger partial charge in [-0.3, -0.25) is 15.0 Å². The number of hydrogen-bond donors (Lipinski definition) is 1. The van der Waals surface area contributed by atoms with Gasteiger partial charge >= 0.3 is 0 Å². The molecule has 2 amide bonds. The summed E-state index contributed by atoms with van der Waals surface area (Å²) in [6, 6.07) is 12.5. The van der Waals surface area contributed by atoms with Gasteiger partial charge in [-0.1, -0.05) is 23.8 Å². The van der Waals surface area contributed by atoms with E-state index in [2.05, 4.69) is 5.43 Å². The highest BCUT2D eigenvalue weighted by molar-refractivity contribution is 6.31. The van der Waals surface area contributed by atoms with E-state index < -0.39 is 11.8 Å². The van der Waals surface area contributed by atoms with Crippen LogP contribution >= 0.6 is 0 Å². The predicted octanol–water partition coefficient (Wildman–Crippen LogP) is 2.47. The lowest BCUT2D eigenvalue weighted by molar-refractivity contribution is -0.117. The number of hydrazine groups is 1. The van der Waals surface area contributed by atoms with Crippen LogP contribution in [0.1, 0.15) is 11.1 Å². The third kappa shape index (κ3) is 3.19. The minimum atomic E-state index is -0.444. The number of aryl methyl sites for hydroxylation is 1. The zero-order chi connectivity index (χ0) is 18.0. The number of amides is 2. The normalized spacial score (nSPS) is 15.5. The maximum absolute atomic E-state index is 12.6. The monoisotopic (exact) mass is 338 g/mol. The van der Waals surface area contributed by atoms with Gasteiger partial charge in [0.1, 0.15) is 5.57 Å². The van der Waals surface area contributed by atoms with Gasteiger partial charge in [0.25, 0.3) is 11.8 Å². The van der Waals surface area contributed by atoms with Crippen molar-refractivity contribution in [3.8, 4) is 11.5 Å². The fraction of sp³-hybridized carbons (Fsp3) is 0.158. The summed E-state index contributed by atoms with van der Waals surface area (Å²) in [5.74, 6) is 0.259. The van der Waals surface area contributed by atoms with Crippen LogP contribution < -0.4 is 19.9 Å². The molecular formula is C19H18N2O4. The molecule has 0 saturated carbocycles. The van der Waals surface area contributed by atoms with E-state index in [1.807, 2.05) is 19.1 Å². The highest BCUT2D eigenvalue weighted by atomic mass is 16.5. The first-order chi connectivity index (χ1) is 12.0. The molecule has 1 heterocycles. The van der Waals surface area contributed by atoms with Gasteiger partial charge in [0.2, 0.25) is 0 Å². The van der Waals surface area contributed by atoms with Gasteiger partial charge in [-0.2, -0.15) is 0 Å². The van der Waals surface area contributed by atoms with Crippen LogP contribution in [0.25, 0.3) is 6.08 Å². The minimum absolute atomic E-state index is 0.0628. The Labute approximate surface area is 145 Å². The average molecular weight is 338 g/mol. The summed E-state index contributed by atoms with van der Waals surface area (Å²) >= 11 is 0. The fourth-order valence-electron chi connectivity index (χ4n) is 2.54. The quantitative estimate of drug-likeness (QED) is 0.687. The summed E-state index contributed by atoms with van der Waals surface area (Å²) in [5.41, 5.74) is 5.00. The number of hydrogen-bond acceptors (Lipinski definition) is 4. The number of carbonyl (C=O) groups excluding carboxylic acids is 2. The third-order valence-electron chi connectivity index (χ3n) is 3.90. The van der Waals surface area contributed by atoms with Gasteiger partial charge in [-0.15, -0.1) is 0 Å². The summed E-state index contributed by atoms with van der Waals surface area (Å²) in [6.45, 7) is 1.95. The van der Waals surface area contributed by atoms with Crippen LogP contribution in [0.2, 0.25) is 0 Å². The largest absolute Gasteiger partial charge is 0.493 e. The minimum Gasteiger partial charge on any atom is -0.493 e. The van der Waals surface area contributed by atoms with Crippen molar-refractivity contribution in [1.82, 2.24) is 5.43 Å². The molecule has 2 aromatic carbocycles. The van der Waals surface area contributed by atoms with Crippen molar-refractivity contribution in [1.29, 1.82) is 0 Å². The number of nitrogens with one attached hydrogen (secondary N) is 1. The van der Waals surface area contributed by atoms with Crippen LogP contribution in [-0.4, -0.2) is 26.0 Å². The SMILES string of the molecule is COc1ccc(/C=C2\C(=O)NN(c3ccc(C)cc3)C2=O)cc1OC. The lowest BCUT2D eigenvalue weighted by Gasteiger charge is -2.14. The smallest absolute Gasteiger partial charge is 0.282 e. The van der Waals surface area contributed by atoms with E-state index in [1.165, 1.54) is 18.2 Å². The summed E-state index contributed by atoms with van der Waals surface area (Å²) in [7, 11) is 3.07. The average Bonchev–Trinajstić information content (AvgIpc) is 2.90. The molecule has 1 saturated heterocycles. The Hall–Kier alpha value is -3.28. The van der Waals surface area contributed by atoms with Gasteiger partial charge in [0, 0.05) is 0 Å². The summed E-state index contributed by atoms with van der Waals surface area (Å²) in [5, 5.41) is 1.24. The molecule has 0 spiro atoms. The van der Waals surface area contributed by atoms with Crippen molar-refractivity contribution in [3.05, 3.63) is 59.2 Å². The van der Waals surface area contributed by atoms with Gasteiger partial charge in [-0.25, -0.2) is 5.01 Å². The maximum atomic E-state index is 12.6. The van der Waals surface area contributed by atoms with Crippen molar-refractivity contribution < 1.29 is 19.1 Å². The maximum Gasteiger partial charge on any atom is 0.282 e. The lowest BCUT2D eigenvalue weighted by Crippen LogP contribution is -2.35. The Morgan fingerprint density at radius 3 is 2.28 bits per heavy atom. The molecule has 1 N–H and O–H groups in total. The first kappa shape index (κ1) is 16.6. The molecule has 2 aromatic rings. The second-order valence-electron chi connectivity index (χ2n) is 5.59. The Morgan fingerprint density at radius 1 is 0.960 bits per heavy atom. The summed E-state index contributed by atoms with van der Waals surface area (Å²) < 4.78 is 10.4. The van der Waals surface area contributed by atoms with E-state index in [1.54, 1.807) is 37.4 Å². The second-order valence-corrected chi connectivity index (χ2v) is 5.59. The van der Waals surface area contributed by atoms with Crippen LogP contribution in [0, 0.1) is 6.92 Å². The van der Waals surface area contributed by atoms with Crippen LogP contribution in [0.15, 0.2) is 48.0 Å². The number of nitrogens with zero attached hydrogens (tertiary/aromatic N) is 1. The van der Waals surface area contributed by atoms with E-state index in [9.17, 15) is 9.59 Å². The topological polar surface area (TPSA) is 67.9 Å². The zero-order valence-corrected chi connectivity index (χ0v) is 14.2. The Morgan fingerprint density at radius 2 is 1.64 bits per heavy atom.